The normalized spacial score (nSPS) is 11.4. The first-order valence-corrected chi connectivity index (χ1v) is 5.14. The van der Waals surface area contributed by atoms with E-state index in [-0.39, 0.29) is 0 Å². The number of aryl methyl sites for hydroxylation is 2. The highest BCUT2D eigenvalue weighted by atomic mass is 15.1. The monoisotopic (exact) mass is 212 g/mol. The Balaban J connectivity index is 2.64. The van der Waals surface area contributed by atoms with E-state index in [1.807, 2.05) is 23.7 Å². The summed E-state index contributed by atoms with van der Waals surface area (Å²) in [5.41, 5.74) is 9.94. The van der Waals surface area contributed by atoms with Crippen molar-refractivity contribution in [2.24, 2.45) is 7.05 Å². The quantitative estimate of drug-likeness (QED) is 0.620. The van der Waals surface area contributed by atoms with Crippen LogP contribution in [0.25, 0.3) is 21.9 Å². The summed E-state index contributed by atoms with van der Waals surface area (Å²) in [6, 6.07) is 6.03. The van der Waals surface area contributed by atoms with Gasteiger partial charge in [-0.25, -0.2) is 4.98 Å². The van der Waals surface area contributed by atoms with Gasteiger partial charge >= 0.3 is 0 Å². The zero-order valence-electron chi connectivity index (χ0n) is 9.23. The smallest absolute Gasteiger partial charge is 0.200 e. The second-order valence-corrected chi connectivity index (χ2v) is 3.99. The number of pyridine rings is 1. The van der Waals surface area contributed by atoms with Crippen LogP contribution in [0.4, 0.5) is 5.95 Å². The van der Waals surface area contributed by atoms with Crippen LogP contribution in [0.3, 0.4) is 0 Å². The van der Waals surface area contributed by atoms with E-state index in [1.165, 1.54) is 0 Å². The summed E-state index contributed by atoms with van der Waals surface area (Å²) in [4.78, 5) is 8.76. The van der Waals surface area contributed by atoms with Crippen LogP contribution in [0.5, 0.6) is 0 Å². The number of nitrogen functional groups attached to an aromatic ring is 1. The van der Waals surface area contributed by atoms with Gasteiger partial charge in [0.15, 0.2) is 0 Å². The van der Waals surface area contributed by atoms with Gasteiger partial charge in [0.1, 0.15) is 5.52 Å². The molecule has 0 atom stereocenters. The second kappa shape index (κ2) is 2.95. The minimum Gasteiger partial charge on any atom is -0.369 e. The Morgan fingerprint density at radius 3 is 2.94 bits per heavy atom. The molecule has 1 aromatic carbocycles. The van der Waals surface area contributed by atoms with E-state index >= 15 is 0 Å². The zero-order chi connectivity index (χ0) is 11.3. The first-order chi connectivity index (χ1) is 7.68. The lowest BCUT2D eigenvalue weighted by atomic mass is 10.1. The van der Waals surface area contributed by atoms with Crippen LogP contribution >= 0.6 is 0 Å². The van der Waals surface area contributed by atoms with E-state index in [2.05, 4.69) is 23.0 Å². The van der Waals surface area contributed by atoms with Crippen LogP contribution in [-0.4, -0.2) is 14.5 Å². The van der Waals surface area contributed by atoms with E-state index in [4.69, 9.17) is 5.73 Å². The number of hydrogen-bond acceptors (Lipinski definition) is 3. The van der Waals surface area contributed by atoms with Crippen LogP contribution in [0.1, 0.15) is 5.56 Å². The Morgan fingerprint density at radius 2 is 2.12 bits per heavy atom. The van der Waals surface area contributed by atoms with Gasteiger partial charge in [-0.3, -0.25) is 4.98 Å². The number of hydrogen-bond donors (Lipinski definition) is 1. The van der Waals surface area contributed by atoms with Crippen molar-refractivity contribution >= 4 is 27.9 Å². The van der Waals surface area contributed by atoms with Gasteiger partial charge in [0.2, 0.25) is 5.95 Å². The van der Waals surface area contributed by atoms with Crippen molar-refractivity contribution in [1.82, 2.24) is 14.5 Å². The molecule has 0 amide bonds. The Kier molecular flexibility index (Phi) is 1.68. The van der Waals surface area contributed by atoms with Crippen molar-refractivity contribution in [3.8, 4) is 0 Å². The lowest BCUT2D eigenvalue weighted by Gasteiger charge is -2.02. The Morgan fingerprint density at radius 1 is 1.31 bits per heavy atom. The lowest BCUT2D eigenvalue weighted by molar-refractivity contribution is 0.965. The topological polar surface area (TPSA) is 56.7 Å². The van der Waals surface area contributed by atoms with Crippen LogP contribution < -0.4 is 5.73 Å². The first-order valence-electron chi connectivity index (χ1n) is 5.14. The number of fused-ring (bicyclic) bond motifs is 3. The molecule has 0 unspecified atom stereocenters. The Labute approximate surface area is 92.7 Å². The second-order valence-electron chi connectivity index (χ2n) is 3.99. The van der Waals surface area contributed by atoms with Gasteiger partial charge in [-0.05, 0) is 30.7 Å². The van der Waals surface area contributed by atoms with Crippen LogP contribution in [0.2, 0.25) is 0 Å². The van der Waals surface area contributed by atoms with Crippen LogP contribution in [-0.2, 0) is 7.05 Å². The van der Waals surface area contributed by atoms with Gasteiger partial charge in [-0.1, -0.05) is 0 Å². The van der Waals surface area contributed by atoms with Gasteiger partial charge in [0.25, 0.3) is 0 Å². The van der Waals surface area contributed by atoms with Gasteiger partial charge < -0.3 is 10.3 Å². The van der Waals surface area contributed by atoms with Crippen LogP contribution in [0.15, 0.2) is 24.4 Å². The van der Waals surface area contributed by atoms with Gasteiger partial charge in [0, 0.05) is 18.6 Å². The van der Waals surface area contributed by atoms with Gasteiger partial charge in [0.05, 0.1) is 11.0 Å². The third-order valence-electron chi connectivity index (χ3n) is 2.96. The molecule has 0 aliphatic carbocycles. The molecule has 2 N–H and O–H groups in total. The highest BCUT2D eigenvalue weighted by Gasteiger charge is 2.10. The van der Waals surface area contributed by atoms with Crippen molar-refractivity contribution in [2.45, 2.75) is 6.92 Å². The summed E-state index contributed by atoms with van der Waals surface area (Å²) in [6.07, 6.45) is 1.80. The predicted octanol–water partition coefficient (Wildman–Crippen LogP) is 2.01. The maximum Gasteiger partial charge on any atom is 0.200 e. The average molecular weight is 212 g/mol. The molecule has 0 saturated carbocycles. The number of aromatic nitrogens is 3. The molecule has 4 nitrogen and oxygen atoms in total. The zero-order valence-corrected chi connectivity index (χ0v) is 9.23. The molecule has 0 spiro atoms. The van der Waals surface area contributed by atoms with E-state index < -0.39 is 0 Å². The molecule has 3 aromatic rings. The highest BCUT2D eigenvalue weighted by Crippen LogP contribution is 2.27. The summed E-state index contributed by atoms with van der Waals surface area (Å²) in [6.45, 7) is 2.05. The third kappa shape index (κ3) is 1.04. The molecule has 0 radical (unpaired) electrons. The third-order valence-corrected chi connectivity index (χ3v) is 2.96. The molecule has 0 bridgehead atoms. The van der Waals surface area contributed by atoms with Crippen LogP contribution in [0, 0.1) is 6.92 Å². The van der Waals surface area contributed by atoms with Crippen molar-refractivity contribution < 1.29 is 0 Å². The molecule has 0 aliphatic heterocycles. The SMILES string of the molecule is Cc1cc2c(nc(N)n2C)c2cccnc12. The number of nitrogens with two attached hydrogens (primary N) is 1. The number of nitrogens with zero attached hydrogens (tertiary/aromatic N) is 3. The molecule has 80 valence electrons. The van der Waals surface area contributed by atoms with Crippen molar-refractivity contribution in [3.05, 3.63) is 30.0 Å². The maximum absolute atomic E-state index is 5.83. The number of anilines is 1. The molecule has 0 aliphatic rings. The van der Waals surface area contributed by atoms with E-state index in [0.717, 1.165) is 27.5 Å². The maximum atomic E-state index is 5.83. The van der Waals surface area contributed by atoms with Crippen molar-refractivity contribution in [2.75, 3.05) is 5.73 Å². The summed E-state index contributed by atoms with van der Waals surface area (Å²) in [7, 11) is 1.92. The highest BCUT2D eigenvalue weighted by molar-refractivity contribution is 6.04. The Hall–Kier alpha value is -2.10. The summed E-state index contributed by atoms with van der Waals surface area (Å²) >= 11 is 0. The molecular formula is C12H12N4. The van der Waals surface area contributed by atoms with Gasteiger partial charge in [-0.15, -0.1) is 0 Å². The minimum absolute atomic E-state index is 0.533. The molecule has 0 saturated heterocycles. The fourth-order valence-corrected chi connectivity index (χ4v) is 2.08. The predicted molar refractivity (Wildman–Crippen MR) is 65.2 cm³/mol. The van der Waals surface area contributed by atoms with Gasteiger partial charge in [-0.2, -0.15) is 0 Å². The van der Waals surface area contributed by atoms with E-state index in [0.29, 0.717) is 5.95 Å². The molecular weight excluding hydrogens is 200 g/mol. The van der Waals surface area contributed by atoms with E-state index in [9.17, 15) is 0 Å². The number of benzene rings is 1. The number of imidazole rings is 1. The average Bonchev–Trinajstić information content (AvgIpc) is 2.57. The molecule has 4 heteroatoms. The van der Waals surface area contributed by atoms with Crippen molar-refractivity contribution in [3.63, 3.8) is 0 Å². The molecule has 2 heterocycles. The standard InChI is InChI=1S/C12H12N4/c1-7-6-9-11(15-12(13)16(9)2)8-4-3-5-14-10(7)8/h3-6H,1-2H3,(H2,13,15). The van der Waals surface area contributed by atoms with E-state index in [1.54, 1.807) is 6.20 Å². The summed E-state index contributed by atoms with van der Waals surface area (Å²) < 4.78 is 1.90. The molecule has 16 heavy (non-hydrogen) atoms. The molecule has 3 rings (SSSR count). The Bertz CT molecular complexity index is 697. The fraction of sp³-hybridized carbons (Fsp3) is 0.167. The number of rotatable bonds is 0. The minimum atomic E-state index is 0.533. The fourth-order valence-electron chi connectivity index (χ4n) is 2.08. The summed E-state index contributed by atoms with van der Waals surface area (Å²) in [5, 5.41) is 1.06. The molecule has 2 aromatic heterocycles. The largest absolute Gasteiger partial charge is 0.369 e. The summed E-state index contributed by atoms with van der Waals surface area (Å²) in [5.74, 6) is 0.533. The van der Waals surface area contributed by atoms with Crippen molar-refractivity contribution in [1.29, 1.82) is 0 Å². The first kappa shape index (κ1) is 9.15. The molecule has 0 fully saturated rings. The lowest BCUT2D eigenvalue weighted by Crippen LogP contribution is -1.96.